The van der Waals surface area contributed by atoms with E-state index in [0.29, 0.717) is 0 Å². The van der Waals surface area contributed by atoms with Gasteiger partial charge in [-0.3, -0.25) is 5.10 Å². The van der Waals surface area contributed by atoms with Gasteiger partial charge in [-0.25, -0.2) is 0 Å². The van der Waals surface area contributed by atoms with Crippen molar-refractivity contribution in [3.8, 4) is 0 Å². The maximum absolute atomic E-state index is 3.86. The topological polar surface area (TPSA) is 28.7 Å². The Hall–Kier alpha value is -0.790. The van der Waals surface area contributed by atoms with Crippen LogP contribution in [0.25, 0.3) is 0 Å². The molecular weight excluding hydrogens is 112 g/mol. The minimum atomic E-state index is 0. The fourth-order valence-electron chi connectivity index (χ4n) is 0.674. The van der Waals surface area contributed by atoms with Crippen LogP contribution in [-0.2, 0) is 5.41 Å². The molecule has 1 aromatic rings. The first-order valence-electron chi connectivity index (χ1n) is 3.10. The van der Waals surface area contributed by atoms with Gasteiger partial charge >= 0.3 is 0 Å². The zero-order chi connectivity index (χ0) is 6.91. The minimum absolute atomic E-state index is 0. The smallest absolute Gasteiger partial charge is 0.0490 e. The molecule has 0 fully saturated rings. The number of H-pyrrole nitrogens is 1. The minimum Gasteiger partial charge on any atom is -0.282 e. The van der Waals surface area contributed by atoms with Gasteiger partial charge in [0.25, 0.3) is 0 Å². The normalized spacial score (nSPS) is 11.9. The van der Waals surface area contributed by atoms with Crippen LogP contribution in [0.1, 0.15) is 27.9 Å². The second-order valence-electron chi connectivity index (χ2n) is 3.22. The molecule has 0 amide bonds. The Morgan fingerprint density at radius 2 is 2.22 bits per heavy atom. The van der Waals surface area contributed by atoms with Crippen LogP contribution in [0.15, 0.2) is 12.3 Å². The van der Waals surface area contributed by atoms with E-state index < -0.39 is 0 Å². The maximum atomic E-state index is 3.86. The van der Waals surface area contributed by atoms with Crippen LogP contribution in [0.5, 0.6) is 0 Å². The molecule has 1 N–H and O–H groups in total. The third-order valence-corrected chi connectivity index (χ3v) is 1.31. The van der Waals surface area contributed by atoms with E-state index in [1.54, 1.807) is 6.20 Å². The Labute approximate surface area is 56.8 Å². The van der Waals surface area contributed by atoms with Gasteiger partial charge in [-0.1, -0.05) is 20.8 Å². The third kappa shape index (κ3) is 1.31. The van der Waals surface area contributed by atoms with E-state index in [4.69, 9.17) is 0 Å². The van der Waals surface area contributed by atoms with Crippen molar-refractivity contribution in [3.63, 3.8) is 0 Å². The van der Waals surface area contributed by atoms with Crippen LogP contribution in [0.4, 0.5) is 0 Å². The fourth-order valence-corrected chi connectivity index (χ4v) is 0.674. The molecule has 0 bridgehead atoms. The first-order valence-corrected chi connectivity index (χ1v) is 3.10. The van der Waals surface area contributed by atoms with Gasteiger partial charge in [-0.05, 0) is 6.07 Å². The average Bonchev–Trinajstić information content (AvgIpc) is 2.08. The molecule has 0 aliphatic carbocycles. The van der Waals surface area contributed by atoms with E-state index in [9.17, 15) is 0 Å². The highest BCUT2D eigenvalue weighted by atomic mass is 15.1. The molecule has 0 saturated heterocycles. The van der Waals surface area contributed by atoms with E-state index in [1.165, 1.54) is 5.69 Å². The van der Waals surface area contributed by atoms with Crippen molar-refractivity contribution in [2.24, 2.45) is 0 Å². The highest BCUT2D eigenvalue weighted by Crippen LogP contribution is 2.17. The summed E-state index contributed by atoms with van der Waals surface area (Å²) in [5.41, 5.74) is 1.39. The quantitative estimate of drug-likeness (QED) is 0.565. The van der Waals surface area contributed by atoms with Crippen LogP contribution in [0, 0.1) is 0 Å². The van der Waals surface area contributed by atoms with Gasteiger partial charge in [0, 0.05) is 18.7 Å². The molecule has 0 radical (unpaired) electrons. The average molecular weight is 126 g/mol. The van der Waals surface area contributed by atoms with Crippen molar-refractivity contribution < 1.29 is 1.43 Å². The Morgan fingerprint density at radius 1 is 1.56 bits per heavy atom. The first kappa shape index (κ1) is 6.33. The molecule has 1 rings (SSSR count). The lowest BCUT2D eigenvalue weighted by molar-refractivity contribution is 0.567. The zero-order valence-corrected chi connectivity index (χ0v) is 6.10. The van der Waals surface area contributed by atoms with E-state index in [-0.39, 0.29) is 6.84 Å². The standard InChI is InChI=1S/C7H12N2.H2/c1-7(2,3)6-4-5-8-9-6;/h4-5H,1-3H3,(H,8,9);1H. The number of hydrogen-bond donors (Lipinski definition) is 1. The number of nitrogens with one attached hydrogen (secondary N) is 1. The summed E-state index contributed by atoms with van der Waals surface area (Å²) in [7, 11) is 0. The maximum Gasteiger partial charge on any atom is 0.0490 e. The highest BCUT2D eigenvalue weighted by molar-refractivity contribution is 5.09. The lowest BCUT2D eigenvalue weighted by Crippen LogP contribution is -2.11. The summed E-state index contributed by atoms with van der Waals surface area (Å²) in [5, 5.41) is 6.79. The van der Waals surface area contributed by atoms with Crippen molar-refractivity contribution >= 4 is 0 Å². The van der Waals surface area contributed by atoms with Gasteiger partial charge in [0.15, 0.2) is 0 Å². The summed E-state index contributed by atoms with van der Waals surface area (Å²) in [6.45, 7) is 6.46. The predicted octanol–water partition coefficient (Wildman–Crippen LogP) is 1.95. The molecule has 2 heteroatoms. The summed E-state index contributed by atoms with van der Waals surface area (Å²) in [6.07, 6.45) is 1.78. The summed E-state index contributed by atoms with van der Waals surface area (Å²) >= 11 is 0. The van der Waals surface area contributed by atoms with Crippen molar-refractivity contribution in [2.45, 2.75) is 26.2 Å². The Morgan fingerprint density at radius 3 is 2.44 bits per heavy atom. The van der Waals surface area contributed by atoms with Gasteiger partial charge in [-0.2, -0.15) is 5.10 Å². The van der Waals surface area contributed by atoms with E-state index in [0.717, 1.165) is 0 Å². The van der Waals surface area contributed by atoms with Gasteiger partial charge in [0.1, 0.15) is 0 Å². The number of hydrogen-bond acceptors (Lipinski definition) is 1. The number of aromatic nitrogens is 2. The van der Waals surface area contributed by atoms with E-state index in [1.807, 2.05) is 6.07 Å². The largest absolute Gasteiger partial charge is 0.282 e. The molecule has 0 aliphatic rings. The zero-order valence-electron chi connectivity index (χ0n) is 6.10. The molecule has 1 heterocycles. The van der Waals surface area contributed by atoms with Crippen molar-refractivity contribution in [3.05, 3.63) is 18.0 Å². The highest BCUT2D eigenvalue weighted by Gasteiger charge is 2.13. The van der Waals surface area contributed by atoms with E-state index in [2.05, 4.69) is 31.0 Å². The number of rotatable bonds is 0. The van der Waals surface area contributed by atoms with Crippen LogP contribution < -0.4 is 0 Å². The van der Waals surface area contributed by atoms with E-state index >= 15 is 0 Å². The Balaban J connectivity index is 0.000000810. The van der Waals surface area contributed by atoms with Gasteiger partial charge < -0.3 is 0 Å². The molecule has 0 unspecified atom stereocenters. The van der Waals surface area contributed by atoms with Crippen LogP contribution in [0.2, 0.25) is 0 Å². The summed E-state index contributed by atoms with van der Waals surface area (Å²) in [5.74, 6) is 0. The summed E-state index contributed by atoms with van der Waals surface area (Å²) in [4.78, 5) is 0. The summed E-state index contributed by atoms with van der Waals surface area (Å²) in [6, 6.07) is 2.00. The van der Waals surface area contributed by atoms with Crippen molar-refractivity contribution in [1.29, 1.82) is 0 Å². The van der Waals surface area contributed by atoms with Crippen molar-refractivity contribution in [2.75, 3.05) is 0 Å². The second-order valence-corrected chi connectivity index (χ2v) is 3.22. The first-order chi connectivity index (χ1) is 4.11. The molecule has 0 saturated carbocycles. The number of aromatic amines is 1. The molecule has 52 valence electrons. The Bertz CT molecular complexity index is 174. The van der Waals surface area contributed by atoms with Gasteiger partial charge in [0.2, 0.25) is 0 Å². The monoisotopic (exact) mass is 126 g/mol. The molecule has 0 spiro atoms. The van der Waals surface area contributed by atoms with Crippen molar-refractivity contribution in [1.82, 2.24) is 10.2 Å². The Kier molecular flexibility index (Phi) is 1.31. The summed E-state index contributed by atoms with van der Waals surface area (Å²) < 4.78 is 0. The van der Waals surface area contributed by atoms with Crippen LogP contribution in [0.3, 0.4) is 0 Å². The molecule has 9 heavy (non-hydrogen) atoms. The molecule has 0 aromatic carbocycles. The fraction of sp³-hybridized carbons (Fsp3) is 0.571. The lowest BCUT2D eigenvalue weighted by atomic mass is 9.93. The predicted molar refractivity (Wildman–Crippen MR) is 39.4 cm³/mol. The third-order valence-electron chi connectivity index (χ3n) is 1.31. The molecule has 0 aliphatic heterocycles. The molecule has 1 aromatic heterocycles. The van der Waals surface area contributed by atoms with Crippen LogP contribution >= 0.6 is 0 Å². The molecule has 2 nitrogen and oxygen atoms in total. The van der Waals surface area contributed by atoms with Gasteiger partial charge in [0.05, 0.1) is 0 Å². The lowest BCUT2D eigenvalue weighted by Gasteiger charge is -2.14. The van der Waals surface area contributed by atoms with Crippen LogP contribution in [-0.4, -0.2) is 10.2 Å². The van der Waals surface area contributed by atoms with Gasteiger partial charge in [-0.15, -0.1) is 0 Å². The molecular formula is C7H14N2. The molecule has 0 atom stereocenters. The SMILES string of the molecule is CC(C)(C)c1ccn[nH]1.[HH]. The second kappa shape index (κ2) is 1.87. The number of nitrogens with zero attached hydrogens (tertiary/aromatic N) is 1.